The van der Waals surface area contributed by atoms with Gasteiger partial charge in [0.25, 0.3) is 0 Å². The minimum atomic E-state index is -2.94. The lowest BCUT2D eigenvalue weighted by Crippen LogP contribution is -2.47. The van der Waals surface area contributed by atoms with Gasteiger partial charge in [-0.05, 0) is 12.2 Å². The number of thiocarbonyl (C=S) groups is 1. The Morgan fingerprint density at radius 3 is 1.83 bits per heavy atom. The van der Waals surface area contributed by atoms with E-state index < -0.39 is 9.05 Å². The molecule has 0 aliphatic heterocycles. The first-order chi connectivity index (χ1) is 5.64. The van der Waals surface area contributed by atoms with Crippen molar-refractivity contribution in [2.24, 2.45) is 0 Å². The van der Waals surface area contributed by atoms with Crippen LogP contribution in [0.4, 0.5) is 0 Å². The van der Waals surface area contributed by atoms with Crippen molar-refractivity contribution < 1.29 is 17.7 Å². The molecular weight excluding hydrogens is 196 g/mol. The Balaban J connectivity index is 4.19. The first-order valence-corrected chi connectivity index (χ1v) is 5.55. The van der Waals surface area contributed by atoms with Gasteiger partial charge in [-0.25, -0.2) is 0 Å². The molecule has 0 aliphatic carbocycles. The van der Waals surface area contributed by atoms with Gasteiger partial charge in [-0.3, -0.25) is 0 Å². The summed E-state index contributed by atoms with van der Waals surface area (Å²) in [6.45, 7) is 1.89. The second-order valence-corrected chi connectivity index (χ2v) is 4.82. The predicted octanol–water partition coefficient (Wildman–Crippen LogP) is 1.12. The minimum Gasteiger partial charge on any atom is -0.474 e. The maximum Gasteiger partial charge on any atom is 0.749 e. The topological polar surface area (TPSA) is 36.9 Å². The zero-order chi connectivity index (χ0) is 9.61. The van der Waals surface area contributed by atoms with Crippen LogP contribution in [0.5, 0.6) is 0 Å². The third kappa shape index (κ3) is 3.16. The maximum atomic E-state index is 5.24. The molecule has 0 radical (unpaired) electrons. The highest BCUT2D eigenvalue weighted by Gasteiger charge is 2.45. The molecule has 0 fully saturated rings. The Kier molecular flexibility index (Phi) is 5.60. The molecular formula is C6H14O4SSi. The molecule has 6 heteroatoms. The summed E-state index contributed by atoms with van der Waals surface area (Å²) in [7, 11) is 1.47. The smallest absolute Gasteiger partial charge is 0.474 e. The van der Waals surface area contributed by atoms with Crippen molar-refractivity contribution in [3.05, 3.63) is 0 Å². The second kappa shape index (κ2) is 5.60. The quantitative estimate of drug-likeness (QED) is 0.502. The van der Waals surface area contributed by atoms with E-state index in [1.807, 2.05) is 6.92 Å². The molecule has 0 aromatic rings. The van der Waals surface area contributed by atoms with Gasteiger partial charge in [-0.15, -0.1) is 0 Å². The number of rotatable bonds is 5. The van der Waals surface area contributed by atoms with Crippen LogP contribution in [0.15, 0.2) is 0 Å². The molecule has 0 atom stereocenters. The van der Waals surface area contributed by atoms with Crippen LogP contribution in [0.3, 0.4) is 0 Å². The Bertz CT molecular complexity index is 140. The number of hydrogen-bond acceptors (Lipinski definition) is 5. The van der Waals surface area contributed by atoms with Gasteiger partial charge in [-0.2, -0.15) is 0 Å². The molecule has 0 saturated carbocycles. The van der Waals surface area contributed by atoms with Crippen LogP contribution < -0.4 is 0 Å². The molecule has 0 rings (SSSR count). The summed E-state index contributed by atoms with van der Waals surface area (Å²) < 4.78 is 20.2. The summed E-state index contributed by atoms with van der Waals surface area (Å²) in [6.07, 6.45) is 0.639. The van der Waals surface area contributed by atoms with Gasteiger partial charge < -0.3 is 17.7 Å². The molecule has 0 bridgehead atoms. The average molecular weight is 210 g/mol. The van der Waals surface area contributed by atoms with Crippen molar-refractivity contribution in [1.82, 2.24) is 0 Å². The minimum absolute atomic E-state index is 0.437. The summed E-state index contributed by atoms with van der Waals surface area (Å²) >= 11 is 4.87. The summed E-state index contributed by atoms with van der Waals surface area (Å²) in [5, 5.41) is 0.437. The Labute approximate surface area is 79.3 Å². The van der Waals surface area contributed by atoms with Crippen molar-refractivity contribution in [3.63, 3.8) is 0 Å². The van der Waals surface area contributed by atoms with Crippen molar-refractivity contribution in [2.45, 2.75) is 13.3 Å². The molecule has 0 saturated heterocycles. The van der Waals surface area contributed by atoms with E-state index in [1.165, 1.54) is 21.3 Å². The van der Waals surface area contributed by atoms with Gasteiger partial charge in [-0.1, -0.05) is 6.92 Å². The fourth-order valence-electron chi connectivity index (χ4n) is 0.587. The third-order valence-corrected chi connectivity index (χ3v) is 3.79. The molecule has 0 aromatic carbocycles. The molecule has 0 spiro atoms. The van der Waals surface area contributed by atoms with E-state index in [4.69, 9.17) is 29.9 Å². The highest BCUT2D eigenvalue weighted by Crippen LogP contribution is 2.09. The van der Waals surface area contributed by atoms with Crippen molar-refractivity contribution in [1.29, 1.82) is 0 Å². The Morgan fingerprint density at radius 1 is 1.17 bits per heavy atom. The van der Waals surface area contributed by atoms with Crippen molar-refractivity contribution in [3.8, 4) is 0 Å². The van der Waals surface area contributed by atoms with Crippen LogP contribution in [0, 0.1) is 0 Å². The second-order valence-electron chi connectivity index (χ2n) is 1.94. The molecule has 0 unspecified atom stereocenters. The zero-order valence-corrected chi connectivity index (χ0v) is 9.56. The van der Waals surface area contributed by atoms with E-state index in [-0.39, 0.29) is 0 Å². The molecule has 12 heavy (non-hydrogen) atoms. The molecule has 72 valence electrons. The zero-order valence-electron chi connectivity index (χ0n) is 7.75. The average Bonchev–Trinajstić information content (AvgIpc) is 2.14. The van der Waals surface area contributed by atoms with E-state index in [1.54, 1.807) is 0 Å². The fraction of sp³-hybridized carbons (Fsp3) is 0.833. The van der Waals surface area contributed by atoms with Crippen LogP contribution in [-0.2, 0) is 17.7 Å². The summed E-state index contributed by atoms with van der Waals surface area (Å²) in [5.41, 5.74) is 0. The summed E-state index contributed by atoms with van der Waals surface area (Å²) in [4.78, 5) is 0. The molecule has 0 aliphatic rings. The fourth-order valence-corrected chi connectivity index (χ4v) is 2.07. The lowest BCUT2D eigenvalue weighted by molar-refractivity contribution is 0.0471. The van der Waals surface area contributed by atoms with Crippen LogP contribution in [0.25, 0.3) is 0 Å². The van der Waals surface area contributed by atoms with Gasteiger partial charge in [0.05, 0.1) is 0 Å². The van der Waals surface area contributed by atoms with Crippen LogP contribution in [-0.4, -0.2) is 35.4 Å². The molecule has 0 N–H and O–H groups in total. The Hall–Kier alpha value is -0.0131. The third-order valence-electron chi connectivity index (χ3n) is 1.28. The SMILES string of the molecule is CCC(=S)O[Si](OC)(OC)OC. The molecule has 0 amide bonds. The van der Waals surface area contributed by atoms with Gasteiger partial charge >= 0.3 is 9.05 Å². The first kappa shape index (κ1) is 12.0. The molecule has 0 heterocycles. The summed E-state index contributed by atoms with van der Waals surface area (Å²) in [6, 6.07) is 0. The largest absolute Gasteiger partial charge is 0.749 e. The van der Waals surface area contributed by atoms with Crippen molar-refractivity contribution >= 4 is 26.3 Å². The van der Waals surface area contributed by atoms with Crippen molar-refractivity contribution in [2.75, 3.05) is 21.3 Å². The lowest BCUT2D eigenvalue weighted by atomic mass is 10.5. The lowest BCUT2D eigenvalue weighted by Gasteiger charge is -2.23. The highest BCUT2D eigenvalue weighted by atomic mass is 32.1. The van der Waals surface area contributed by atoms with E-state index in [0.717, 1.165) is 0 Å². The van der Waals surface area contributed by atoms with Crippen LogP contribution in [0.1, 0.15) is 13.3 Å². The standard InChI is InChI=1S/C6H14O4SSi/c1-5-6(11)10-12(7-2,8-3)9-4/h5H2,1-4H3. The number of hydrogen-bond donors (Lipinski definition) is 0. The first-order valence-electron chi connectivity index (χ1n) is 3.51. The highest BCUT2D eigenvalue weighted by molar-refractivity contribution is 7.80. The monoisotopic (exact) mass is 210 g/mol. The predicted molar refractivity (Wildman–Crippen MR) is 50.8 cm³/mol. The van der Waals surface area contributed by atoms with E-state index in [9.17, 15) is 0 Å². The van der Waals surface area contributed by atoms with Gasteiger partial charge in [0, 0.05) is 27.8 Å². The summed E-state index contributed by atoms with van der Waals surface area (Å²) in [5.74, 6) is 0. The van der Waals surface area contributed by atoms with Crippen LogP contribution >= 0.6 is 12.2 Å². The van der Waals surface area contributed by atoms with E-state index in [2.05, 4.69) is 0 Å². The van der Waals surface area contributed by atoms with Gasteiger partial charge in [0.2, 0.25) is 0 Å². The maximum absolute atomic E-state index is 5.24. The van der Waals surface area contributed by atoms with E-state index >= 15 is 0 Å². The molecule has 4 nitrogen and oxygen atoms in total. The normalized spacial score (nSPS) is 11.3. The van der Waals surface area contributed by atoms with Crippen LogP contribution in [0.2, 0.25) is 0 Å². The van der Waals surface area contributed by atoms with E-state index in [0.29, 0.717) is 11.5 Å². The molecule has 0 aromatic heterocycles. The van der Waals surface area contributed by atoms with Gasteiger partial charge in [0.1, 0.15) is 5.05 Å². The van der Waals surface area contributed by atoms with Gasteiger partial charge in [0.15, 0.2) is 0 Å². The Morgan fingerprint density at radius 2 is 1.58 bits per heavy atom.